The highest BCUT2D eigenvalue weighted by Crippen LogP contribution is 2.17. The van der Waals surface area contributed by atoms with Crippen molar-refractivity contribution in [1.29, 1.82) is 0 Å². The Morgan fingerprint density at radius 1 is 1.42 bits per heavy atom. The van der Waals surface area contributed by atoms with Crippen LogP contribution in [0.5, 0.6) is 0 Å². The van der Waals surface area contributed by atoms with Crippen molar-refractivity contribution in [2.45, 2.75) is 45.3 Å². The summed E-state index contributed by atoms with van der Waals surface area (Å²) in [6.07, 6.45) is 0.545. The second-order valence-corrected chi connectivity index (χ2v) is 6.83. The summed E-state index contributed by atoms with van der Waals surface area (Å²) in [4.78, 5) is 28.6. The van der Waals surface area contributed by atoms with Gasteiger partial charge in [0.25, 0.3) is 0 Å². The van der Waals surface area contributed by atoms with Gasteiger partial charge in [0.1, 0.15) is 5.82 Å². The zero-order valence-corrected chi connectivity index (χ0v) is 15.4. The van der Waals surface area contributed by atoms with Crippen LogP contribution in [0.25, 0.3) is 0 Å². The van der Waals surface area contributed by atoms with E-state index in [1.807, 2.05) is 18.7 Å². The monoisotopic (exact) mass is 365 g/mol. The summed E-state index contributed by atoms with van der Waals surface area (Å²) in [5.74, 6) is -0.642. The third kappa shape index (κ3) is 5.25. The van der Waals surface area contributed by atoms with Gasteiger partial charge in [-0.25, -0.2) is 4.39 Å². The second kappa shape index (κ2) is 9.64. The maximum absolute atomic E-state index is 14.0. The largest absolute Gasteiger partial charge is 0.396 e. The van der Waals surface area contributed by atoms with Crippen molar-refractivity contribution in [2.75, 3.05) is 26.2 Å². The molecule has 2 amide bonds. The Morgan fingerprint density at radius 2 is 2.15 bits per heavy atom. The molecule has 0 aromatic heterocycles. The molecular weight excluding hydrogens is 337 g/mol. The van der Waals surface area contributed by atoms with Gasteiger partial charge in [-0.2, -0.15) is 0 Å². The molecule has 0 spiro atoms. The van der Waals surface area contributed by atoms with Crippen molar-refractivity contribution >= 4 is 11.8 Å². The van der Waals surface area contributed by atoms with E-state index in [1.165, 1.54) is 6.07 Å². The van der Waals surface area contributed by atoms with Crippen molar-refractivity contribution in [3.8, 4) is 0 Å². The van der Waals surface area contributed by atoms with Crippen LogP contribution in [0.2, 0.25) is 0 Å². The first-order valence-corrected chi connectivity index (χ1v) is 9.09. The molecule has 1 aliphatic rings. The predicted molar refractivity (Wildman–Crippen MR) is 96.8 cm³/mol. The molecule has 0 unspecified atom stereocenters. The Hall–Kier alpha value is -1.99. The lowest BCUT2D eigenvalue weighted by Crippen LogP contribution is -2.56. The zero-order valence-electron chi connectivity index (χ0n) is 15.4. The number of carbonyl (C=O) groups is 2. The average Bonchev–Trinajstić information content (AvgIpc) is 2.60. The fraction of sp³-hybridized carbons (Fsp3) is 0.579. The van der Waals surface area contributed by atoms with Gasteiger partial charge >= 0.3 is 0 Å². The van der Waals surface area contributed by atoms with Crippen LogP contribution < -0.4 is 5.32 Å². The van der Waals surface area contributed by atoms with E-state index in [0.29, 0.717) is 31.6 Å². The smallest absolute Gasteiger partial charge is 0.237 e. The van der Waals surface area contributed by atoms with Gasteiger partial charge in [-0.05, 0) is 26.3 Å². The highest BCUT2D eigenvalue weighted by Gasteiger charge is 2.33. The molecule has 1 aromatic carbocycles. The number of hydrogen-bond donors (Lipinski definition) is 2. The standard InChI is InChI=1S/C19H28FN3O3/c1-14(2)23(9-5-11-24)18(25)12-17-19(26)21-8-10-22(17)13-15-6-3-4-7-16(15)20/h3-4,6-7,14,17,24H,5,8-13H2,1-2H3,(H,21,26)/t17-/m0/s1. The van der Waals surface area contributed by atoms with E-state index in [4.69, 9.17) is 5.11 Å². The summed E-state index contributed by atoms with van der Waals surface area (Å²) >= 11 is 0. The molecule has 1 heterocycles. The van der Waals surface area contributed by atoms with Gasteiger partial charge in [-0.1, -0.05) is 18.2 Å². The number of carbonyl (C=O) groups excluding carboxylic acids is 2. The number of piperazine rings is 1. The van der Waals surface area contributed by atoms with E-state index in [2.05, 4.69) is 5.32 Å². The first-order chi connectivity index (χ1) is 12.4. The molecule has 0 radical (unpaired) electrons. The van der Waals surface area contributed by atoms with Gasteiger partial charge in [-0.15, -0.1) is 0 Å². The normalized spacial score (nSPS) is 18.0. The SMILES string of the molecule is CC(C)N(CCCO)C(=O)C[C@H]1C(=O)NCCN1Cc1ccccc1F. The molecule has 26 heavy (non-hydrogen) atoms. The van der Waals surface area contributed by atoms with Crippen LogP contribution in [-0.2, 0) is 16.1 Å². The number of halogens is 1. The molecule has 7 heteroatoms. The number of rotatable bonds is 8. The minimum Gasteiger partial charge on any atom is -0.396 e. The summed E-state index contributed by atoms with van der Waals surface area (Å²) in [6, 6.07) is 5.85. The lowest BCUT2D eigenvalue weighted by atomic mass is 10.1. The highest BCUT2D eigenvalue weighted by molar-refractivity contribution is 5.89. The van der Waals surface area contributed by atoms with Gasteiger partial charge in [0, 0.05) is 44.4 Å². The highest BCUT2D eigenvalue weighted by atomic mass is 19.1. The Balaban J connectivity index is 2.10. The maximum atomic E-state index is 14.0. The Morgan fingerprint density at radius 3 is 2.81 bits per heavy atom. The number of nitrogens with one attached hydrogen (secondary N) is 1. The van der Waals surface area contributed by atoms with E-state index < -0.39 is 6.04 Å². The van der Waals surface area contributed by atoms with Crippen molar-refractivity contribution < 1.29 is 19.1 Å². The van der Waals surface area contributed by atoms with Crippen LogP contribution in [0.15, 0.2) is 24.3 Å². The Labute approximate surface area is 154 Å². The number of benzene rings is 1. The minimum absolute atomic E-state index is 0.0132. The molecule has 2 N–H and O–H groups in total. The fourth-order valence-corrected chi connectivity index (χ4v) is 3.21. The molecule has 2 rings (SSSR count). The minimum atomic E-state index is -0.619. The van der Waals surface area contributed by atoms with Crippen molar-refractivity contribution in [1.82, 2.24) is 15.1 Å². The number of aliphatic hydroxyl groups is 1. The van der Waals surface area contributed by atoms with Gasteiger partial charge in [-0.3, -0.25) is 14.5 Å². The molecule has 1 aliphatic heterocycles. The fourth-order valence-electron chi connectivity index (χ4n) is 3.21. The van der Waals surface area contributed by atoms with Crippen LogP contribution in [-0.4, -0.2) is 65.0 Å². The van der Waals surface area contributed by atoms with Gasteiger partial charge in [0.2, 0.25) is 11.8 Å². The Kier molecular flexibility index (Phi) is 7.53. The number of nitrogens with zero attached hydrogens (tertiary/aromatic N) is 2. The van der Waals surface area contributed by atoms with E-state index >= 15 is 0 Å². The van der Waals surface area contributed by atoms with Crippen LogP contribution in [0.4, 0.5) is 4.39 Å². The van der Waals surface area contributed by atoms with Gasteiger partial charge in [0.15, 0.2) is 0 Å². The summed E-state index contributed by atoms with van der Waals surface area (Å²) in [5, 5.41) is 11.8. The summed E-state index contributed by atoms with van der Waals surface area (Å²) in [6.45, 7) is 5.62. The third-order valence-corrected chi connectivity index (χ3v) is 4.64. The average molecular weight is 365 g/mol. The second-order valence-electron chi connectivity index (χ2n) is 6.83. The van der Waals surface area contributed by atoms with Gasteiger partial charge in [0.05, 0.1) is 12.5 Å². The predicted octanol–water partition coefficient (Wildman–Crippen LogP) is 1.14. The first-order valence-electron chi connectivity index (χ1n) is 9.09. The molecule has 0 bridgehead atoms. The van der Waals surface area contributed by atoms with Crippen LogP contribution >= 0.6 is 0 Å². The lowest BCUT2D eigenvalue weighted by molar-refractivity contribution is -0.140. The number of aliphatic hydroxyl groups excluding tert-OH is 1. The first kappa shape index (κ1) is 20.3. The molecule has 0 saturated carbocycles. The molecule has 6 nitrogen and oxygen atoms in total. The third-order valence-electron chi connectivity index (χ3n) is 4.64. The van der Waals surface area contributed by atoms with E-state index in [1.54, 1.807) is 23.1 Å². The van der Waals surface area contributed by atoms with Gasteiger partial charge < -0.3 is 15.3 Å². The molecule has 1 saturated heterocycles. The number of amides is 2. The molecule has 1 aromatic rings. The Bertz CT molecular complexity index is 624. The van der Waals surface area contributed by atoms with Crippen molar-refractivity contribution in [3.05, 3.63) is 35.6 Å². The molecule has 1 fully saturated rings. The summed E-state index contributed by atoms with van der Waals surface area (Å²) in [7, 11) is 0. The maximum Gasteiger partial charge on any atom is 0.237 e. The van der Waals surface area contributed by atoms with Crippen LogP contribution in [0, 0.1) is 5.82 Å². The zero-order chi connectivity index (χ0) is 19.1. The van der Waals surface area contributed by atoms with E-state index in [9.17, 15) is 14.0 Å². The van der Waals surface area contributed by atoms with Crippen LogP contribution in [0.1, 0.15) is 32.3 Å². The quantitative estimate of drug-likeness (QED) is 0.725. The molecular formula is C19H28FN3O3. The number of hydrogen-bond acceptors (Lipinski definition) is 4. The molecule has 1 atom stereocenters. The molecule has 0 aliphatic carbocycles. The van der Waals surface area contributed by atoms with E-state index in [-0.39, 0.29) is 43.2 Å². The molecule has 144 valence electrons. The van der Waals surface area contributed by atoms with Crippen molar-refractivity contribution in [2.24, 2.45) is 0 Å². The van der Waals surface area contributed by atoms with Crippen molar-refractivity contribution in [3.63, 3.8) is 0 Å². The van der Waals surface area contributed by atoms with Crippen LogP contribution in [0.3, 0.4) is 0 Å². The van der Waals surface area contributed by atoms with E-state index in [0.717, 1.165) is 0 Å². The summed E-state index contributed by atoms with van der Waals surface area (Å²) < 4.78 is 14.0. The lowest BCUT2D eigenvalue weighted by Gasteiger charge is -2.36. The summed E-state index contributed by atoms with van der Waals surface area (Å²) in [5.41, 5.74) is 0.514. The topological polar surface area (TPSA) is 72.9 Å².